The number of aromatic nitrogens is 3. The molecule has 0 saturated carbocycles. The highest BCUT2D eigenvalue weighted by Crippen LogP contribution is 2.31. The summed E-state index contributed by atoms with van der Waals surface area (Å²) in [5.41, 5.74) is 10.1. The topological polar surface area (TPSA) is 100 Å². The van der Waals surface area contributed by atoms with Crippen LogP contribution in [0.5, 0.6) is 0 Å². The van der Waals surface area contributed by atoms with E-state index in [2.05, 4.69) is 72.6 Å². The van der Waals surface area contributed by atoms with E-state index in [-0.39, 0.29) is 16.6 Å². The number of piperazine rings is 1. The number of hydrogen-bond acceptors (Lipinski definition) is 7. The Morgan fingerprint density at radius 1 is 1.10 bits per heavy atom. The number of Topliss-reactive ketones (excluding diaryl/α,β-unsaturated/α-hetero) is 1. The summed E-state index contributed by atoms with van der Waals surface area (Å²) in [6.07, 6.45) is 4.77. The first-order chi connectivity index (χ1) is 18.5. The Kier molecular flexibility index (Phi) is 9.17. The zero-order chi connectivity index (χ0) is 28.2. The van der Waals surface area contributed by atoms with Crippen LogP contribution in [0.2, 0.25) is 0 Å². The summed E-state index contributed by atoms with van der Waals surface area (Å²) >= 11 is 0. The molecule has 3 heterocycles. The molecule has 1 saturated heterocycles. The van der Waals surface area contributed by atoms with Gasteiger partial charge in [-0.2, -0.15) is 0 Å². The van der Waals surface area contributed by atoms with E-state index in [1.165, 1.54) is 5.69 Å². The lowest BCUT2D eigenvalue weighted by Crippen LogP contribution is -2.50. The molecule has 1 unspecified atom stereocenters. The molecule has 0 amide bonds. The number of aryl methyl sites for hydroxylation is 1. The number of nitrogens with zero attached hydrogens (tertiary/aromatic N) is 4. The number of pyridine rings is 1. The van der Waals surface area contributed by atoms with Crippen LogP contribution in [0.1, 0.15) is 73.1 Å². The number of ketones is 1. The molecular formula is C31H48N6O2. The minimum absolute atomic E-state index is 0.0874. The summed E-state index contributed by atoms with van der Waals surface area (Å²) in [6, 6.07) is 6.47. The minimum Gasteiger partial charge on any atom is -0.382 e. The molecule has 3 N–H and O–H groups in total. The van der Waals surface area contributed by atoms with E-state index in [0.29, 0.717) is 25.5 Å². The normalized spacial score (nSPS) is 16.7. The van der Waals surface area contributed by atoms with Crippen molar-refractivity contribution in [2.45, 2.75) is 73.6 Å². The van der Waals surface area contributed by atoms with E-state index >= 15 is 0 Å². The van der Waals surface area contributed by atoms with E-state index in [1.54, 1.807) is 6.92 Å². The molecule has 1 atom stereocenters. The Morgan fingerprint density at radius 2 is 1.85 bits per heavy atom. The molecule has 0 radical (unpaired) electrons. The second-order valence-electron chi connectivity index (χ2n) is 12.7. The van der Waals surface area contributed by atoms with Crippen LogP contribution >= 0.6 is 0 Å². The highest BCUT2D eigenvalue weighted by molar-refractivity contribution is 6.07. The molecule has 0 aliphatic carbocycles. The third-order valence-corrected chi connectivity index (χ3v) is 8.12. The number of fused-ring (bicyclic) bond motifs is 3. The summed E-state index contributed by atoms with van der Waals surface area (Å²) in [4.78, 5) is 29.6. The maximum Gasteiger partial charge on any atom is 0.150 e. The molecule has 3 aromatic rings. The SMILES string of the molecule is CCCCc1nc2c([nH]1)c(N)nc1ccc(N3CCN(CC(C)(CC)COCC(C)(C)CC(C)=O)CC3)cc12. The van der Waals surface area contributed by atoms with Crippen molar-refractivity contribution in [3.8, 4) is 0 Å². The number of nitrogen functional groups attached to an aromatic ring is 1. The molecule has 8 nitrogen and oxygen atoms in total. The average molecular weight is 537 g/mol. The summed E-state index contributed by atoms with van der Waals surface area (Å²) in [6.45, 7) is 19.0. The fraction of sp³-hybridized carbons (Fsp3) is 0.645. The van der Waals surface area contributed by atoms with Crippen LogP contribution in [0.25, 0.3) is 21.9 Å². The first-order valence-corrected chi connectivity index (χ1v) is 14.6. The lowest BCUT2D eigenvalue weighted by molar-refractivity contribution is -0.120. The highest BCUT2D eigenvalue weighted by Gasteiger charge is 2.29. The third-order valence-electron chi connectivity index (χ3n) is 8.12. The van der Waals surface area contributed by atoms with Crippen LogP contribution in [0.4, 0.5) is 11.5 Å². The smallest absolute Gasteiger partial charge is 0.150 e. The number of nitrogens with one attached hydrogen (secondary N) is 1. The van der Waals surface area contributed by atoms with Crippen LogP contribution in [0.15, 0.2) is 18.2 Å². The lowest BCUT2D eigenvalue weighted by Gasteiger charge is -2.41. The highest BCUT2D eigenvalue weighted by atomic mass is 16.5. The molecule has 214 valence electrons. The molecular weight excluding hydrogens is 488 g/mol. The first kappa shape index (κ1) is 29.3. The van der Waals surface area contributed by atoms with E-state index in [4.69, 9.17) is 15.5 Å². The fourth-order valence-electron chi connectivity index (χ4n) is 5.72. The van der Waals surface area contributed by atoms with E-state index < -0.39 is 0 Å². The van der Waals surface area contributed by atoms with Gasteiger partial charge in [0.2, 0.25) is 0 Å². The Bertz CT molecular complexity index is 1280. The number of carbonyl (C=O) groups is 1. The molecule has 1 aliphatic heterocycles. The molecule has 1 fully saturated rings. The summed E-state index contributed by atoms with van der Waals surface area (Å²) in [5, 5.41) is 1.06. The second kappa shape index (κ2) is 12.2. The van der Waals surface area contributed by atoms with Gasteiger partial charge in [-0.3, -0.25) is 4.90 Å². The number of hydrogen-bond donors (Lipinski definition) is 2. The Balaban J connectivity index is 1.39. The number of carbonyl (C=O) groups excluding carboxylic acids is 1. The number of benzene rings is 1. The van der Waals surface area contributed by atoms with Crippen molar-refractivity contribution in [3.63, 3.8) is 0 Å². The predicted octanol–water partition coefficient (Wildman–Crippen LogP) is 5.60. The van der Waals surface area contributed by atoms with Gasteiger partial charge in [-0.15, -0.1) is 0 Å². The van der Waals surface area contributed by atoms with Crippen LogP contribution in [0.3, 0.4) is 0 Å². The van der Waals surface area contributed by atoms with E-state index in [1.807, 2.05) is 0 Å². The lowest BCUT2D eigenvalue weighted by atomic mass is 9.86. The minimum atomic E-state index is -0.119. The van der Waals surface area contributed by atoms with Gasteiger partial charge in [0.05, 0.1) is 18.7 Å². The van der Waals surface area contributed by atoms with Gasteiger partial charge in [-0.1, -0.05) is 41.0 Å². The third kappa shape index (κ3) is 7.28. The second-order valence-corrected chi connectivity index (χ2v) is 12.7. The van der Waals surface area contributed by atoms with Crippen LogP contribution in [0, 0.1) is 10.8 Å². The van der Waals surface area contributed by atoms with Gasteiger partial charge in [-0.25, -0.2) is 9.97 Å². The van der Waals surface area contributed by atoms with Crippen molar-refractivity contribution in [1.29, 1.82) is 0 Å². The number of nitrogens with two attached hydrogens (primary N) is 1. The number of H-pyrrole nitrogens is 1. The van der Waals surface area contributed by atoms with Crippen molar-refractivity contribution in [3.05, 3.63) is 24.0 Å². The zero-order valence-corrected chi connectivity index (χ0v) is 24.9. The molecule has 2 aromatic heterocycles. The Hall–Kier alpha value is -2.71. The first-order valence-electron chi connectivity index (χ1n) is 14.6. The number of imidazole rings is 1. The van der Waals surface area contributed by atoms with Gasteiger partial charge in [0.25, 0.3) is 0 Å². The van der Waals surface area contributed by atoms with Gasteiger partial charge in [0.1, 0.15) is 28.5 Å². The maximum absolute atomic E-state index is 11.6. The number of aromatic amines is 1. The Morgan fingerprint density at radius 3 is 2.51 bits per heavy atom. The summed E-state index contributed by atoms with van der Waals surface area (Å²) in [7, 11) is 0. The van der Waals surface area contributed by atoms with E-state index in [0.717, 1.165) is 86.2 Å². The largest absolute Gasteiger partial charge is 0.382 e. The van der Waals surface area contributed by atoms with Crippen molar-refractivity contribution in [2.24, 2.45) is 10.8 Å². The molecule has 1 aliphatic rings. The van der Waals surface area contributed by atoms with Crippen molar-refractivity contribution < 1.29 is 9.53 Å². The average Bonchev–Trinajstić information content (AvgIpc) is 3.32. The predicted molar refractivity (Wildman–Crippen MR) is 161 cm³/mol. The molecule has 4 rings (SSSR count). The number of rotatable bonds is 13. The molecule has 0 spiro atoms. The van der Waals surface area contributed by atoms with Gasteiger partial charge >= 0.3 is 0 Å². The maximum atomic E-state index is 11.6. The number of ether oxygens (including phenoxy) is 1. The fourth-order valence-corrected chi connectivity index (χ4v) is 5.72. The van der Waals surface area contributed by atoms with Gasteiger partial charge in [0, 0.05) is 62.1 Å². The summed E-state index contributed by atoms with van der Waals surface area (Å²) in [5.74, 6) is 1.72. The molecule has 39 heavy (non-hydrogen) atoms. The van der Waals surface area contributed by atoms with Gasteiger partial charge in [0.15, 0.2) is 0 Å². The van der Waals surface area contributed by atoms with Crippen molar-refractivity contribution in [1.82, 2.24) is 19.9 Å². The van der Waals surface area contributed by atoms with Crippen LogP contribution < -0.4 is 10.6 Å². The summed E-state index contributed by atoms with van der Waals surface area (Å²) < 4.78 is 6.18. The van der Waals surface area contributed by atoms with Crippen LogP contribution in [-0.4, -0.2) is 71.6 Å². The molecule has 0 bridgehead atoms. The van der Waals surface area contributed by atoms with Crippen LogP contribution in [-0.2, 0) is 16.0 Å². The zero-order valence-electron chi connectivity index (χ0n) is 24.9. The van der Waals surface area contributed by atoms with Crippen molar-refractivity contribution >= 4 is 39.2 Å². The quantitative estimate of drug-likeness (QED) is 0.293. The van der Waals surface area contributed by atoms with Gasteiger partial charge in [-0.05, 0) is 43.4 Å². The Labute approximate surface area is 233 Å². The molecule has 1 aromatic carbocycles. The monoisotopic (exact) mass is 536 g/mol. The standard InChI is InChI=1S/C31H48N6O2/c1-7-9-10-26-34-27-24-17-23(11-12-25(24)33-29(32)28(27)35-26)37-15-13-36(14-16-37)19-31(6,8-2)21-39-20-30(4,5)18-22(3)38/h11-12,17H,7-10,13-16,18-21H2,1-6H3,(H2,32,33)(H,34,35). The number of unbranched alkanes of at least 4 members (excludes halogenated alkanes) is 1. The van der Waals surface area contributed by atoms with Crippen molar-refractivity contribution in [2.75, 3.05) is 56.6 Å². The van der Waals surface area contributed by atoms with Gasteiger partial charge < -0.3 is 25.1 Å². The number of anilines is 2. The molecule has 8 heteroatoms. The van der Waals surface area contributed by atoms with E-state index in [9.17, 15) is 4.79 Å².